The quantitative estimate of drug-likeness (QED) is 0.217. The topological polar surface area (TPSA) is 109 Å². The first-order valence-electron chi connectivity index (χ1n) is 6.98. The fraction of sp³-hybridized carbons (Fsp3) is 0.833. The fourth-order valence-corrected chi connectivity index (χ4v) is 1.93. The number of carbonyl (C=O) groups excluding carboxylic acids is 2. The molecule has 1 aliphatic heterocycles. The van der Waals surface area contributed by atoms with Gasteiger partial charge in [-0.1, -0.05) is 0 Å². The number of hydrogen-bond acceptors (Lipinski definition) is 6. The van der Waals surface area contributed by atoms with Crippen molar-refractivity contribution in [1.29, 1.82) is 0 Å². The van der Waals surface area contributed by atoms with E-state index in [1.54, 1.807) is 7.05 Å². The number of likely N-dealkylation sites (tertiary alicyclic amines) is 1. The lowest BCUT2D eigenvalue weighted by molar-refractivity contribution is -0.707. The van der Waals surface area contributed by atoms with Crippen LogP contribution in [0, 0.1) is 5.21 Å². The van der Waals surface area contributed by atoms with E-state index in [1.165, 1.54) is 11.9 Å². The van der Waals surface area contributed by atoms with Crippen LogP contribution in [0.15, 0.2) is 5.28 Å². The summed E-state index contributed by atoms with van der Waals surface area (Å²) < 4.78 is 0. The summed E-state index contributed by atoms with van der Waals surface area (Å²) in [4.78, 5) is 29.1. The number of rotatable bonds is 9. The molecule has 0 aromatic rings. The van der Waals surface area contributed by atoms with E-state index in [0.717, 1.165) is 17.7 Å². The van der Waals surface area contributed by atoms with E-state index >= 15 is 0 Å². The Morgan fingerprint density at radius 3 is 2.57 bits per heavy atom. The minimum absolute atomic E-state index is 0.133. The molecule has 120 valence electrons. The van der Waals surface area contributed by atoms with E-state index in [2.05, 4.69) is 5.28 Å². The third-order valence-electron chi connectivity index (χ3n) is 3.16. The van der Waals surface area contributed by atoms with Gasteiger partial charge in [0, 0.05) is 19.4 Å². The molecule has 1 heterocycles. The van der Waals surface area contributed by atoms with Gasteiger partial charge in [0.2, 0.25) is 23.3 Å². The number of hydrazine groups is 1. The van der Waals surface area contributed by atoms with Crippen molar-refractivity contribution in [1.82, 2.24) is 9.91 Å². The molecule has 1 saturated heterocycles. The van der Waals surface area contributed by atoms with Crippen molar-refractivity contribution in [2.24, 2.45) is 5.28 Å². The summed E-state index contributed by atoms with van der Waals surface area (Å²) in [6.07, 6.45) is 1.67. The second kappa shape index (κ2) is 8.40. The van der Waals surface area contributed by atoms with Crippen LogP contribution in [0.4, 0.5) is 0 Å². The minimum Gasteiger partial charge on any atom is -0.569 e. The van der Waals surface area contributed by atoms with Gasteiger partial charge in [0.25, 0.3) is 0 Å². The summed E-state index contributed by atoms with van der Waals surface area (Å²) in [5.74, 6) is -0.644. The molecule has 1 fully saturated rings. The third kappa shape index (κ3) is 5.18. The first kappa shape index (κ1) is 17.2. The van der Waals surface area contributed by atoms with Crippen LogP contribution in [-0.2, 0) is 14.4 Å². The van der Waals surface area contributed by atoms with Crippen molar-refractivity contribution in [3.63, 3.8) is 0 Å². The number of unbranched alkanes of at least 4 members (excludes halogenated alkanes) is 2. The van der Waals surface area contributed by atoms with Crippen molar-refractivity contribution >= 4 is 11.8 Å². The summed E-state index contributed by atoms with van der Waals surface area (Å²) in [5.41, 5.74) is 0. The van der Waals surface area contributed by atoms with Crippen molar-refractivity contribution in [3.05, 3.63) is 5.21 Å². The van der Waals surface area contributed by atoms with Crippen LogP contribution in [0.2, 0.25) is 0 Å². The number of amides is 2. The molecule has 1 rings (SSSR count). The Bertz CT molecular complexity index is 385. The lowest BCUT2D eigenvalue weighted by Gasteiger charge is -2.19. The van der Waals surface area contributed by atoms with Gasteiger partial charge in [-0.15, -0.1) is 5.01 Å². The SMILES string of the molecule is CC(O/N=[N+](/[O-])N(C)CCCCCO)N1C(=O)CCC1=O. The smallest absolute Gasteiger partial charge is 0.235 e. The van der Waals surface area contributed by atoms with Crippen molar-refractivity contribution in [2.75, 3.05) is 20.2 Å². The largest absolute Gasteiger partial charge is 0.569 e. The van der Waals surface area contributed by atoms with Crippen LogP contribution >= 0.6 is 0 Å². The monoisotopic (exact) mass is 302 g/mol. The number of imide groups is 1. The zero-order valence-corrected chi connectivity index (χ0v) is 12.4. The van der Waals surface area contributed by atoms with E-state index in [0.29, 0.717) is 13.0 Å². The Morgan fingerprint density at radius 2 is 2.00 bits per heavy atom. The molecule has 2 amide bonds. The Balaban J connectivity index is 2.39. The summed E-state index contributed by atoms with van der Waals surface area (Å²) in [5, 5.41) is 24.9. The van der Waals surface area contributed by atoms with E-state index < -0.39 is 6.23 Å². The maximum Gasteiger partial charge on any atom is 0.235 e. The molecule has 1 N–H and O–H groups in total. The molecular weight excluding hydrogens is 280 g/mol. The van der Waals surface area contributed by atoms with Crippen LogP contribution < -0.4 is 0 Å². The highest BCUT2D eigenvalue weighted by Gasteiger charge is 2.34. The molecule has 0 aromatic carbocycles. The molecule has 9 nitrogen and oxygen atoms in total. The van der Waals surface area contributed by atoms with Gasteiger partial charge in [-0.2, -0.15) is 0 Å². The molecule has 21 heavy (non-hydrogen) atoms. The first-order valence-corrected chi connectivity index (χ1v) is 6.98. The zero-order chi connectivity index (χ0) is 15.8. The van der Waals surface area contributed by atoms with Crippen molar-refractivity contribution in [2.45, 2.75) is 45.3 Å². The summed E-state index contributed by atoms with van der Waals surface area (Å²) >= 11 is 0. The van der Waals surface area contributed by atoms with Gasteiger partial charge in [0.1, 0.15) is 0 Å². The van der Waals surface area contributed by atoms with Crippen molar-refractivity contribution in [3.8, 4) is 0 Å². The molecule has 1 unspecified atom stereocenters. The van der Waals surface area contributed by atoms with E-state index in [9.17, 15) is 14.8 Å². The van der Waals surface area contributed by atoms with Gasteiger partial charge in [0.15, 0.2) is 0 Å². The Kier molecular flexibility index (Phi) is 6.86. The second-order valence-electron chi connectivity index (χ2n) is 4.86. The van der Waals surface area contributed by atoms with Gasteiger partial charge in [-0.05, 0) is 26.2 Å². The van der Waals surface area contributed by atoms with Crippen LogP contribution in [0.5, 0.6) is 0 Å². The molecule has 1 atom stereocenters. The highest BCUT2D eigenvalue weighted by Crippen LogP contribution is 2.16. The number of nitrogens with zero attached hydrogens (tertiary/aromatic N) is 4. The predicted octanol–water partition coefficient (Wildman–Crippen LogP) is 0.385. The Labute approximate surface area is 123 Å². The normalized spacial score (nSPS) is 17.3. The van der Waals surface area contributed by atoms with Gasteiger partial charge in [-0.3, -0.25) is 9.59 Å². The van der Waals surface area contributed by atoms with Crippen molar-refractivity contribution < 1.29 is 24.5 Å². The second-order valence-corrected chi connectivity index (χ2v) is 4.86. The molecule has 0 spiro atoms. The summed E-state index contributed by atoms with van der Waals surface area (Å²) in [6.45, 7) is 2.08. The highest BCUT2D eigenvalue weighted by molar-refractivity contribution is 6.02. The summed E-state index contributed by atoms with van der Waals surface area (Å²) in [7, 11) is 1.55. The molecule has 1 aliphatic rings. The number of aliphatic hydroxyl groups is 1. The zero-order valence-electron chi connectivity index (χ0n) is 12.4. The number of carbonyl (C=O) groups is 2. The molecule has 0 aromatic heterocycles. The lowest BCUT2D eigenvalue weighted by atomic mass is 10.2. The predicted molar refractivity (Wildman–Crippen MR) is 71.3 cm³/mol. The minimum atomic E-state index is -0.897. The average Bonchev–Trinajstić information content (AvgIpc) is 2.79. The van der Waals surface area contributed by atoms with Crippen LogP contribution in [-0.4, -0.2) is 58.2 Å². The maximum absolute atomic E-state index is 11.6. The molecule has 0 aliphatic carbocycles. The number of hydrogen-bond donors (Lipinski definition) is 1. The van der Waals surface area contributed by atoms with Gasteiger partial charge < -0.3 is 15.2 Å². The van der Waals surface area contributed by atoms with Crippen LogP contribution in [0.25, 0.3) is 0 Å². The summed E-state index contributed by atoms with van der Waals surface area (Å²) in [6, 6.07) is 0. The third-order valence-corrected chi connectivity index (χ3v) is 3.16. The maximum atomic E-state index is 11.6. The average molecular weight is 302 g/mol. The lowest BCUT2D eigenvalue weighted by Crippen LogP contribution is -2.39. The van der Waals surface area contributed by atoms with E-state index in [4.69, 9.17) is 9.94 Å². The van der Waals surface area contributed by atoms with Gasteiger partial charge in [-0.25, -0.2) is 4.90 Å². The molecular formula is C12H22N4O5. The Morgan fingerprint density at radius 1 is 1.38 bits per heavy atom. The molecule has 9 heteroatoms. The van der Waals surface area contributed by atoms with E-state index in [-0.39, 0.29) is 36.2 Å². The van der Waals surface area contributed by atoms with E-state index in [1.807, 2.05) is 0 Å². The van der Waals surface area contributed by atoms with Crippen LogP contribution in [0.3, 0.4) is 0 Å². The molecule has 0 saturated carbocycles. The molecule has 0 bridgehead atoms. The standard InChI is InChI=1S/C12H22N4O5/c1-10(15-11(18)6-7-12(15)19)21-13-16(20)14(2)8-4-3-5-9-17/h10,17H,3-9H2,1-2H3/b16-13+. The highest BCUT2D eigenvalue weighted by atomic mass is 16.7. The van der Waals surface area contributed by atoms with Gasteiger partial charge in [0.05, 0.1) is 18.6 Å². The number of aliphatic hydroxyl groups excluding tert-OH is 1. The van der Waals surface area contributed by atoms with Crippen LogP contribution in [0.1, 0.15) is 39.0 Å². The Hall–Kier alpha value is -1.90. The molecule has 0 radical (unpaired) electrons. The first-order chi connectivity index (χ1) is 9.97. The fourth-order valence-electron chi connectivity index (χ4n) is 1.93. The van der Waals surface area contributed by atoms with Gasteiger partial charge >= 0.3 is 0 Å².